The molecule has 4 nitrogen and oxygen atoms in total. The summed E-state index contributed by atoms with van der Waals surface area (Å²) in [6.07, 6.45) is 7.19. The molecule has 0 aliphatic carbocycles. The first kappa shape index (κ1) is 18.5. The first-order valence-electron chi connectivity index (χ1n) is 8.30. The number of amides is 2. The highest BCUT2D eigenvalue weighted by atomic mass is 16.7. The van der Waals surface area contributed by atoms with Gasteiger partial charge in [0.05, 0.1) is 6.54 Å². The molecule has 0 aromatic heterocycles. The average Bonchev–Trinajstić information content (AvgIpc) is 2.53. The highest BCUT2D eigenvalue weighted by Crippen LogP contribution is 2.09. The maximum Gasteiger partial charge on any atom is 0.343 e. The van der Waals surface area contributed by atoms with Crippen molar-refractivity contribution in [3.8, 4) is 0 Å². The predicted molar refractivity (Wildman–Crippen MR) is 90.4 cm³/mol. The monoisotopic (exact) mass is 306 g/mol. The smallest absolute Gasteiger partial charge is 0.329 e. The molecule has 0 fully saturated rings. The molecule has 0 saturated carbocycles. The minimum Gasteiger partial charge on any atom is -0.329 e. The standard InChI is InChI=1S/C18H30N2O2/c1-4-5-6-7-8-12-15-20(18(21)19(2)3)22-16-17-13-10-9-11-14-17/h9-11,13-14H,4-8,12,15-16H2,1-3H3. The third kappa shape index (κ3) is 7.46. The van der Waals surface area contributed by atoms with Gasteiger partial charge in [-0.25, -0.2) is 9.86 Å². The fourth-order valence-corrected chi connectivity index (χ4v) is 2.20. The number of unbranched alkanes of at least 4 members (excludes halogenated alkanes) is 5. The van der Waals surface area contributed by atoms with Crippen molar-refractivity contribution < 1.29 is 9.63 Å². The average molecular weight is 306 g/mol. The Morgan fingerprint density at radius 1 is 1.00 bits per heavy atom. The second-order valence-electron chi connectivity index (χ2n) is 5.81. The minimum atomic E-state index is -0.0931. The molecule has 0 unspecified atom stereocenters. The summed E-state index contributed by atoms with van der Waals surface area (Å²) >= 11 is 0. The zero-order valence-electron chi connectivity index (χ0n) is 14.3. The van der Waals surface area contributed by atoms with Crippen LogP contribution in [0.5, 0.6) is 0 Å². The van der Waals surface area contributed by atoms with Gasteiger partial charge in [0.15, 0.2) is 0 Å². The van der Waals surface area contributed by atoms with E-state index in [4.69, 9.17) is 4.84 Å². The van der Waals surface area contributed by atoms with Crippen LogP contribution in [-0.2, 0) is 11.4 Å². The molecule has 0 bridgehead atoms. The van der Waals surface area contributed by atoms with E-state index in [2.05, 4.69) is 6.92 Å². The van der Waals surface area contributed by atoms with Crippen LogP contribution in [-0.4, -0.2) is 36.6 Å². The molecule has 2 amide bonds. The molecule has 0 saturated heterocycles. The molecule has 1 aromatic carbocycles. The van der Waals surface area contributed by atoms with Gasteiger partial charge in [-0.1, -0.05) is 69.4 Å². The molecule has 0 spiro atoms. The lowest BCUT2D eigenvalue weighted by Gasteiger charge is -2.25. The maximum atomic E-state index is 12.2. The second kappa shape index (κ2) is 11.1. The Labute approximate surface area is 135 Å². The number of nitrogens with zero attached hydrogens (tertiary/aromatic N) is 2. The molecule has 0 radical (unpaired) electrons. The van der Waals surface area contributed by atoms with Gasteiger partial charge in [-0.15, -0.1) is 0 Å². The Morgan fingerprint density at radius 3 is 2.27 bits per heavy atom. The molecule has 4 heteroatoms. The van der Waals surface area contributed by atoms with E-state index in [9.17, 15) is 4.79 Å². The number of benzene rings is 1. The molecule has 0 heterocycles. The van der Waals surface area contributed by atoms with E-state index in [0.29, 0.717) is 13.2 Å². The van der Waals surface area contributed by atoms with E-state index in [1.165, 1.54) is 30.7 Å². The Bertz CT molecular complexity index is 407. The molecule has 0 aliphatic rings. The number of hydroxylamine groups is 2. The zero-order valence-corrected chi connectivity index (χ0v) is 14.3. The molecule has 124 valence electrons. The molecule has 1 rings (SSSR count). The lowest BCUT2D eigenvalue weighted by atomic mass is 10.1. The van der Waals surface area contributed by atoms with Gasteiger partial charge in [0.2, 0.25) is 0 Å². The van der Waals surface area contributed by atoms with E-state index in [-0.39, 0.29) is 6.03 Å². The van der Waals surface area contributed by atoms with Crippen molar-refractivity contribution in [2.75, 3.05) is 20.6 Å². The van der Waals surface area contributed by atoms with Gasteiger partial charge in [0.1, 0.15) is 6.61 Å². The molecule has 0 aliphatic heterocycles. The van der Waals surface area contributed by atoms with Crippen molar-refractivity contribution in [2.45, 2.75) is 52.1 Å². The van der Waals surface area contributed by atoms with E-state index in [1.807, 2.05) is 30.3 Å². The van der Waals surface area contributed by atoms with Crippen LogP contribution in [0.2, 0.25) is 0 Å². The van der Waals surface area contributed by atoms with E-state index in [1.54, 1.807) is 19.0 Å². The minimum absolute atomic E-state index is 0.0931. The van der Waals surface area contributed by atoms with Crippen molar-refractivity contribution in [2.24, 2.45) is 0 Å². The van der Waals surface area contributed by atoms with Gasteiger partial charge in [0, 0.05) is 14.1 Å². The van der Waals surface area contributed by atoms with Gasteiger partial charge in [0.25, 0.3) is 0 Å². The summed E-state index contributed by atoms with van der Waals surface area (Å²) < 4.78 is 0. The summed E-state index contributed by atoms with van der Waals surface area (Å²) in [6.45, 7) is 3.29. The van der Waals surface area contributed by atoms with Crippen LogP contribution >= 0.6 is 0 Å². The molecule has 0 atom stereocenters. The van der Waals surface area contributed by atoms with Crippen molar-refractivity contribution in [1.82, 2.24) is 9.96 Å². The quantitative estimate of drug-likeness (QED) is 0.472. The van der Waals surface area contributed by atoms with Gasteiger partial charge in [-0.2, -0.15) is 0 Å². The third-order valence-corrected chi connectivity index (χ3v) is 3.54. The predicted octanol–water partition coefficient (Wildman–Crippen LogP) is 4.46. The summed E-state index contributed by atoms with van der Waals surface area (Å²) in [5.74, 6) is 0. The lowest BCUT2D eigenvalue weighted by Crippen LogP contribution is -2.39. The third-order valence-electron chi connectivity index (χ3n) is 3.54. The van der Waals surface area contributed by atoms with Gasteiger partial charge in [-0.05, 0) is 12.0 Å². The van der Waals surface area contributed by atoms with Gasteiger partial charge in [-0.3, -0.25) is 4.84 Å². The lowest BCUT2D eigenvalue weighted by molar-refractivity contribution is -0.134. The van der Waals surface area contributed by atoms with Crippen LogP contribution in [0, 0.1) is 0 Å². The van der Waals surface area contributed by atoms with Crippen molar-refractivity contribution in [3.05, 3.63) is 35.9 Å². The summed E-state index contributed by atoms with van der Waals surface area (Å²) in [4.78, 5) is 19.4. The van der Waals surface area contributed by atoms with Gasteiger partial charge >= 0.3 is 6.03 Å². The van der Waals surface area contributed by atoms with Crippen molar-refractivity contribution in [3.63, 3.8) is 0 Å². The first-order chi connectivity index (χ1) is 10.6. The summed E-state index contributed by atoms with van der Waals surface area (Å²) in [5.41, 5.74) is 1.07. The van der Waals surface area contributed by atoms with Crippen LogP contribution in [0.1, 0.15) is 51.0 Å². The van der Waals surface area contributed by atoms with E-state index in [0.717, 1.165) is 18.4 Å². The summed E-state index contributed by atoms with van der Waals surface area (Å²) in [6, 6.07) is 9.84. The topological polar surface area (TPSA) is 32.8 Å². The highest BCUT2D eigenvalue weighted by Gasteiger charge is 2.16. The number of carbonyl (C=O) groups excluding carboxylic acids is 1. The van der Waals surface area contributed by atoms with Crippen LogP contribution in [0.15, 0.2) is 30.3 Å². The molecule has 22 heavy (non-hydrogen) atoms. The van der Waals surface area contributed by atoms with Crippen LogP contribution in [0.25, 0.3) is 0 Å². The van der Waals surface area contributed by atoms with E-state index >= 15 is 0 Å². The summed E-state index contributed by atoms with van der Waals surface area (Å²) in [7, 11) is 3.50. The fourth-order valence-electron chi connectivity index (χ4n) is 2.20. The number of carbonyl (C=O) groups is 1. The SMILES string of the molecule is CCCCCCCCN(OCc1ccccc1)C(=O)N(C)C. The van der Waals surface area contributed by atoms with Crippen LogP contribution < -0.4 is 0 Å². The number of urea groups is 1. The Hall–Kier alpha value is -1.55. The van der Waals surface area contributed by atoms with Crippen molar-refractivity contribution >= 4 is 6.03 Å². The highest BCUT2D eigenvalue weighted by molar-refractivity contribution is 5.72. The number of rotatable bonds is 10. The molecule has 1 aromatic rings. The maximum absolute atomic E-state index is 12.2. The Morgan fingerprint density at radius 2 is 1.64 bits per heavy atom. The van der Waals surface area contributed by atoms with Crippen LogP contribution in [0.4, 0.5) is 4.79 Å². The van der Waals surface area contributed by atoms with Gasteiger partial charge < -0.3 is 4.90 Å². The molecular weight excluding hydrogens is 276 g/mol. The van der Waals surface area contributed by atoms with Crippen molar-refractivity contribution in [1.29, 1.82) is 0 Å². The first-order valence-corrected chi connectivity index (χ1v) is 8.30. The fraction of sp³-hybridized carbons (Fsp3) is 0.611. The summed E-state index contributed by atoms with van der Waals surface area (Å²) in [5, 5.41) is 1.49. The largest absolute Gasteiger partial charge is 0.343 e. The molecular formula is C18H30N2O2. The second-order valence-corrected chi connectivity index (χ2v) is 5.81. The Balaban J connectivity index is 2.38. The zero-order chi connectivity index (χ0) is 16.2. The van der Waals surface area contributed by atoms with E-state index < -0.39 is 0 Å². The number of hydrogen-bond donors (Lipinski definition) is 0. The van der Waals surface area contributed by atoms with Crippen LogP contribution in [0.3, 0.4) is 0 Å². The number of hydrogen-bond acceptors (Lipinski definition) is 2. The molecule has 0 N–H and O–H groups in total. The normalized spacial score (nSPS) is 10.5. The Kier molecular flexibility index (Phi) is 9.31.